The van der Waals surface area contributed by atoms with Crippen molar-refractivity contribution in [3.05, 3.63) is 105 Å². The van der Waals surface area contributed by atoms with Gasteiger partial charge in [-0.15, -0.1) is 0 Å². The number of nitrogens with zero attached hydrogens (tertiary/aromatic N) is 3. The van der Waals surface area contributed by atoms with Crippen molar-refractivity contribution >= 4 is 35.7 Å². The van der Waals surface area contributed by atoms with Gasteiger partial charge in [-0.25, -0.2) is 0 Å². The first kappa shape index (κ1) is 39.1. The summed E-state index contributed by atoms with van der Waals surface area (Å²) in [4.78, 5) is 14.8. The molecule has 3 N–H and O–H groups in total. The van der Waals surface area contributed by atoms with E-state index in [4.69, 9.17) is 15.0 Å². The molecule has 0 heterocycles. The second-order valence-electron chi connectivity index (χ2n) is 15.3. The van der Waals surface area contributed by atoms with Gasteiger partial charge >= 0.3 is 0 Å². The number of benzene rings is 4. The van der Waals surface area contributed by atoms with Crippen molar-refractivity contribution in [1.82, 2.24) is 0 Å². The van der Waals surface area contributed by atoms with Gasteiger partial charge in [0.1, 0.15) is 17.2 Å². The molecule has 4 aromatic carbocycles. The van der Waals surface area contributed by atoms with Crippen LogP contribution >= 0.6 is 0 Å². The number of hydrogen-bond donors (Lipinski definition) is 3. The van der Waals surface area contributed by atoms with Gasteiger partial charge in [-0.1, -0.05) is 138 Å². The van der Waals surface area contributed by atoms with Crippen LogP contribution in [0.5, 0.6) is 17.2 Å². The quantitative estimate of drug-likeness (QED) is 0.129. The minimum absolute atomic E-state index is 0.0754. The summed E-state index contributed by atoms with van der Waals surface area (Å²) in [7, 11) is 0. The number of hydrogen-bond acceptors (Lipinski definition) is 6. The molecule has 0 saturated carbocycles. The smallest absolute Gasteiger partial charge is 0.140 e. The molecule has 4 rings (SSSR count). The van der Waals surface area contributed by atoms with Gasteiger partial charge in [0.15, 0.2) is 0 Å². The molecule has 0 spiro atoms. The zero-order chi connectivity index (χ0) is 37.7. The highest BCUT2D eigenvalue weighted by Gasteiger charge is 2.23. The van der Waals surface area contributed by atoms with E-state index in [0.29, 0.717) is 0 Å². The molecule has 0 aliphatic rings. The molecule has 51 heavy (non-hydrogen) atoms. The number of phenolic OH excluding ortho intramolecular Hbond substituents is 3. The van der Waals surface area contributed by atoms with Crippen molar-refractivity contribution in [2.45, 2.75) is 119 Å². The molecule has 0 aliphatic heterocycles. The number of aromatic hydroxyl groups is 3. The van der Waals surface area contributed by atoms with E-state index in [0.717, 1.165) is 50.4 Å². The Morgan fingerprint density at radius 1 is 0.353 bits per heavy atom. The van der Waals surface area contributed by atoms with E-state index < -0.39 is 0 Å². The maximum absolute atomic E-state index is 11.8. The maximum Gasteiger partial charge on any atom is 0.140 e. The van der Waals surface area contributed by atoms with Gasteiger partial charge in [0.25, 0.3) is 0 Å². The monoisotopic (exact) mass is 687 g/mol. The molecular formula is C45H57N3O3. The first-order valence-electron chi connectivity index (χ1n) is 18.4. The maximum atomic E-state index is 11.8. The zero-order valence-electron chi connectivity index (χ0n) is 32.6. The molecule has 0 radical (unpaired) electrons. The molecule has 0 unspecified atom stereocenters. The Kier molecular flexibility index (Phi) is 12.7. The topological polar surface area (TPSA) is 97.8 Å². The molecule has 6 nitrogen and oxygen atoms in total. The molecule has 0 fully saturated rings. The van der Waals surface area contributed by atoms with Crippen LogP contribution in [-0.4, -0.2) is 34.0 Å². The van der Waals surface area contributed by atoms with Crippen LogP contribution < -0.4 is 0 Å². The third-order valence-corrected chi connectivity index (χ3v) is 9.53. The molecule has 0 atom stereocenters. The van der Waals surface area contributed by atoms with Crippen molar-refractivity contribution in [2.24, 2.45) is 15.0 Å². The highest BCUT2D eigenvalue weighted by atomic mass is 16.3. The lowest BCUT2D eigenvalue weighted by atomic mass is 9.92. The average molecular weight is 688 g/mol. The summed E-state index contributed by atoms with van der Waals surface area (Å²) in [5, 5.41) is 35.5. The first-order chi connectivity index (χ1) is 24.1. The minimum atomic E-state index is -0.318. The first-order valence-corrected chi connectivity index (χ1v) is 18.4. The van der Waals surface area contributed by atoms with E-state index in [-0.39, 0.29) is 69.4 Å². The largest absolute Gasteiger partial charge is 0.506 e. The summed E-state index contributed by atoms with van der Waals surface area (Å²) in [6.07, 6.45) is 4.49. The Bertz CT molecular complexity index is 1620. The molecule has 0 bridgehead atoms. The van der Waals surface area contributed by atoms with Crippen LogP contribution in [0, 0.1) is 0 Å². The Hall–Kier alpha value is -4.71. The number of para-hydroxylation sites is 3. The molecule has 0 aliphatic carbocycles. The fourth-order valence-electron chi connectivity index (χ4n) is 6.51. The third-order valence-electron chi connectivity index (χ3n) is 9.53. The van der Waals surface area contributed by atoms with Crippen LogP contribution in [0.1, 0.15) is 169 Å². The number of rotatable bonds is 12. The lowest BCUT2D eigenvalue weighted by molar-refractivity contribution is 0.425. The minimum Gasteiger partial charge on any atom is -0.506 e. The van der Waals surface area contributed by atoms with Crippen molar-refractivity contribution in [3.63, 3.8) is 0 Å². The molecule has 4 aromatic rings. The van der Waals surface area contributed by atoms with Gasteiger partial charge in [-0.2, -0.15) is 0 Å². The number of phenols is 3. The van der Waals surface area contributed by atoms with Crippen LogP contribution in [0.4, 0.5) is 17.1 Å². The molecule has 270 valence electrons. The van der Waals surface area contributed by atoms with E-state index >= 15 is 0 Å². The molecule has 6 heteroatoms. The van der Waals surface area contributed by atoms with E-state index in [9.17, 15) is 15.3 Å². The third kappa shape index (κ3) is 8.44. The summed E-state index contributed by atoms with van der Waals surface area (Å²) in [5.74, 6) is 0.271. The summed E-state index contributed by atoms with van der Waals surface area (Å²) in [6.45, 7) is 25.5. The predicted octanol–water partition coefficient (Wildman–Crippen LogP) is 12.8. The standard InChI is InChI=1S/C45H57N3O3/c1-25(2)31-16-13-17-32(26(3)4)40(31)46-22-37-43(49)38(23-47-41-33(27(5)6)18-14-19-34(41)28(7)8)45(51)39(44(37)50)24-48-42-35(29(9)10)20-15-21-36(42)30(11)12/h13-30,49-51H,1-12H3. The van der Waals surface area contributed by atoms with E-state index in [2.05, 4.69) is 119 Å². The summed E-state index contributed by atoms with van der Waals surface area (Å²) >= 11 is 0. The molecular weight excluding hydrogens is 631 g/mol. The second kappa shape index (κ2) is 16.5. The summed E-state index contributed by atoms with van der Waals surface area (Å²) < 4.78 is 0. The Balaban J connectivity index is 2.04. The van der Waals surface area contributed by atoms with E-state index in [1.54, 1.807) is 0 Å². The van der Waals surface area contributed by atoms with Gasteiger partial charge in [-0.05, 0) is 68.9 Å². The van der Waals surface area contributed by atoms with Crippen molar-refractivity contribution in [2.75, 3.05) is 0 Å². The van der Waals surface area contributed by atoms with Crippen LogP contribution in [0.25, 0.3) is 0 Å². The fourth-order valence-corrected chi connectivity index (χ4v) is 6.51. The summed E-state index contributed by atoms with van der Waals surface area (Å²) in [6, 6.07) is 18.5. The van der Waals surface area contributed by atoms with Crippen molar-refractivity contribution in [1.29, 1.82) is 0 Å². The predicted molar refractivity (Wildman–Crippen MR) is 217 cm³/mol. The normalized spacial score (nSPS) is 12.6. The average Bonchev–Trinajstić information content (AvgIpc) is 3.07. The number of aliphatic imine (C=N–C) groups is 3. The highest BCUT2D eigenvalue weighted by molar-refractivity contribution is 6.05. The SMILES string of the molecule is CC(C)c1cccc(C(C)C)c1N=Cc1c(O)c(C=Nc2c(C(C)C)cccc2C(C)C)c(O)c(C=Nc2c(C(C)C)cccc2C(C)C)c1O. The van der Waals surface area contributed by atoms with Gasteiger partial charge in [0, 0.05) is 18.6 Å². The Labute approximate surface area is 305 Å². The summed E-state index contributed by atoms with van der Waals surface area (Å²) in [5.41, 5.74) is 9.04. The molecule has 0 amide bonds. The van der Waals surface area contributed by atoms with Crippen LogP contribution in [0.3, 0.4) is 0 Å². The zero-order valence-corrected chi connectivity index (χ0v) is 32.6. The Morgan fingerprint density at radius 2 is 0.529 bits per heavy atom. The molecule has 0 aromatic heterocycles. The van der Waals surface area contributed by atoms with E-state index in [1.165, 1.54) is 18.6 Å². The lowest BCUT2D eigenvalue weighted by Gasteiger charge is -2.18. The van der Waals surface area contributed by atoms with Crippen molar-refractivity contribution < 1.29 is 15.3 Å². The second-order valence-corrected chi connectivity index (χ2v) is 15.3. The highest BCUT2D eigenvalue weighted by Crippen LogP contribution is 2.43. The fraction of sp³-hybridized carbons (Fsp3) is 0.400. The van der Waals surface area contributed by atoms with Crippen molar-refractivity contribution in [3.8, 4) is 17.2 Å². The van der Waals surface area contributed by atoms with Crippen LogP contribution in [0.2, 0.25) is 0 Å². The van der Waals surface area contributed by atoms with Gasteiger partial charge in [-0.3, -0.25) is 15.0 Å². The lowest BCUT2D eigenvalue weighted by Crippen LogP contribution is -2.00. The van der Waals surface area contributed by atoms with Crippen LogP contribution in [0.15, 0.2) is 69.6 Å². The van der Waals surface area contributed by atoms with Gasteiger partial charge in [0.2, 0.25) is 0 Å². The van der Waals surface area contributed by atoms with Gasteiger partial charge < -0.3 is 15.3 Å². The van der Waals surface area contributed by atoms with Crippen LogP contribution in [-0.2, 0) is 0 Å². The Morgan fingerprint density at radius 3 is 0.686 bits per heavy atom. The van der Waals surface area contributed by atoms with Gasteiger partial charge in [0.05, 0.1) is 33.8 Å². The molecule has 0 saturated heterocycles. The van der Waals surface area contributed by atoms with E-state index in [1.807, 2.05) is 18.2 Å².